The Morgan fingerprint density at radius 2 is 2.27 bits per heavy atom. The molecule has 0 saturated carbocycles. The minimum absolute atomic E-state index is 0.0592. The van der Waals surface area contributed by atoms with Crippen molar-refractivity contribution in [1.29, 1.82) is 0 Å². The van der Waals surface area contributed by atoms with Crippen LogP contribution in [0.3, 0.4) is 0 Å². The molecule has 82 valence electrons. The van der Waals surface area contributed by atoms with E-state index in [0.717, 1.165) is 0 Å². The Labute approximate surface area is 96.4 Å². The van der Waals surface area contributed by atoms with Crippen LogP contribution in [0, 0.1) is 0 Å². The first-order valence-electron chi connectivity index (χ1n) is 4.34. The van der Waals surface area contributed by atoms with Crippen LogP contribution in [0.15, 0.2) is 16.6 Å². The van der Waals surface area contributed by atoms with E-state index in [0.29, 0.717) is 10.2 Å². The number of phenolic OH excluding ortho intramolecular Hbond substituents is 1. The molecule has 0 aliphatic rings. The van der Waals surface area contributed by atoms with Gasteiger partial charge in [-0.25, -0.2) is 0 Å². The number of phenols is 1. The van der Waals surface area contributed by atoms with Crippen LogP contribution in [0.25, 0.3) is 0 Å². The smallest absolute Gasteiger partial charge is 0.180 e. The molecule has 1 rings (SSSR count). The summed E-state index contributed by atoms with van der Waals surface area (Å²) < 4.78 is 5.45. The lowest BCUT2D eigenvalue weighted by Crippen LogP contribution is -2.18. The standard InChI is InChI=1S/C10H12BrNO3/c1-12-5-9(13)7-3-6(15-2)4-8(11)10(7)14/h3-4,12,14H,5H2,1-2H3. The number of rotatable bonds is 4. The SMILES string of the molecule is CNCC(=O)c1cc(OC)cc(Br)c1O. The maximum Gasteiger partial charge on any atom is 0.180 e. The van der Waals surface area contributed by atoms with E-state index in [1.54, 1.807) is 13.1 Å². The molecule has 15 heavy (non-hydrogen) atoms. The first-order chi connectivity index (χ1) is 7.10. The maximum atomic E-state index is 11.6. The van der Waals surface area contributed by atoms with Gasteiger partial charge < -0.3 is 15.2 Å². The molecule has 0 atom stereocenters. The molecule has 1 aromatic carbocycles. The molecule has 2 N–H and O–H groups in total. The fourth-order valence-corrected chi connectivity index (χ4v) is 1.60. The molecule has 5 heteroatoms. The fraction of sp³-hybridized carbons (Fsp3) is 0.300. The highest BCUT2D eigenvalue weighted by molar-refractivity contribution is 9.10. The second-order valence-corrected chi connectivity index (χ2v) is 3.81. The van der Waals surface area contributed by atoms with Crippen molar-refractivity contribution in [3.05, 3.63) is 22.2 Å². The lowest BCUT2D eigenvalue weighted by molar-refractivity contribution is 0.0990. The predicted molar refractivity (Wildman–Crippen MR) is 60.6 cm³/mol. The summed E-state index contributed by atoms with van der Waals surface area (Å²) in [4.78, 5) is 11.6. The van der Waals surface area contributed by atoms with Crippen LogP contribution >= 0.6 is 15.9 Å². The van der Waals surface area contributed by atoms with Crippen LogP contribution < -0.4 is 10.1 Å². The number of ether oxygens (including phenoxy) is 1. The lowest BCUT2D eigenvalue weighted by Gasteiger charge is -2.08. The summed E-state index contributed by atoms with van der Waals surface area (Å²) in [6.45, 7) is 0.174. The summed E-state index contributed by atoms with van der Waals surface area (Å²) in [7, 11) is 3.18. The first-order valence-corrected chi connectivity index (χ1v) is 5.13. The zero-order valence-corrected chi connectivity index (χ0v) is 10.1. The molecule has 0 fully saturated rings. The number of aromatic hydroxyl groups is 1. The number of nitrogens with one attached hydrogen (secondary N) is 1. The Morgan fingerprint density at radius 1 is 1.60 bits per heavy atom. The van der Waals surface area contributed by atoms with Crippen molar-refractivity contribution < 1.29 is 14.6 Å². The molecule has 0 aliphatic heterocycles. The van der Waals surface area contributed by atoms with E-state index in [4.69, 9.17) is 4.74 Å². The average molecular weight is 274 g/mol. The monoisotopic (exact) mass is 273 g/mol. The van der Waals surface area contributed by atoms with Crippen LogP contribution in [-0.2, 0) is 0 Å². The minimum Gasteiger partial charge on any atom is -0.506 e. The minimum atomic E-state index is -0.186. The Morgan fingerprint density at radius 3 is 2.80 bits per heavy atom. The third-order valence-electron chi connectivity index (χ3n) is 1.91. The van der Waals surface area contributed by atoms with Gasteiger partial charge in [0, 0.05) is 0 Å². The summed E-state index contributed by atoms with van der Waals surface area (Å²) in [5, 5.41) is 12.4. The van der Waals surface area contributed by atoms with Crippen molar-refractivity contribution in [3.8, 4) is 11.5 Å². The van der Waals surface area contributed by atoms with Gasteiger partial charge in [-0.15, -0.1) is 0 Å². The van der Waals surface area contributed by atoms with E-state index in [2.05, 4.69) is 21.2 Å². The van der Waals surface area contributed by atoms with Gasteiger partial charge in [-0.2, -0.15) is 0 Å². The van der Waals surface area contributed by atoms with Crippen molar-refractivity contribution in [2.24, 2.45) is 0 Å². The summed E-state index contributed by atoms with van der Waals surface area (Å²) in [5.41, 5.74) is 0.246. The number of hydrogen-bond donors (Lipinski definition) is 2. The van der Waals surface area contributed by atoms with Gasteiger partial charge in [0.25, 0.3) is 0 Å². The van der Waals surface area contributed by atoms with Crippen LogP contribution in [0.2, 0.25) is 0 Å². The third kappa shape index (κ3) is 2.70. The summed E-state index contributed by atoms with van der Waals surface area (Å²) in [6, 6.07) is 3.12. The van der Waals surface area contributed by atoms with E-state index in [1.165, 1.54) is 13.2 Å². The average Bonchev–Trinajstić information content (AvgIpc) is 2.22. The van der Waals surface area contributed by atoms with E-state index in [-0.39, 0.29) is 23.6 Å². The normalized spacial score (nSPS) is 10.1. The number of methoxy groups -OCH3 is 1. The maximum absolute atomic E-state index is 11.6. The second kappa shape index (κ2) is 5.14. The van der Waals surface area contributed by atoms with Gasteiger partial charge in [0.05, 0.1) is 23.7 Å². The quantitative estimate of drug-likeness (QED) is 0.818. The van der Waals surface area contributed by atoms with E-state index in [9.17, 15) is 9.90 Å². The number of halogens is 1. The molecule has 0 aliphatic carbocycles. The second-order valence-electron chi connectivity index (χ2n) is 2.96. The fourth-order valence-electron chi connectivity index (χ4n) is 1.16. The molecule has 0 bridgehead atoms. The van der Waals surface area contributed by atoms with Gasteiger partial charge in [-0.05, 0) is 35.1 Å². The Bertz CT molecular complexity index is 379. The first kappa shape index (κ1) is 12.0. The van der Waals surface area contributed by atoms with Crippen molar-refractivity contribution >= 4 is 21.7 Å². The van der Waals surface area contributed by atoms with Crippen LogP contribution in [0.4, 0.5) is 0 Å². The van der Waals surface area contributed by atoms with Gasteiger partial charge in [-0.3, -0.25) is 4.79 Å². The Balaban J connectivity index is 3.15. The highest BCUT2D eigenvalue weighted by Crippen LogP contribution is 2.32. The number of likely N-dealkylation sites (N-methyl/N-ethyl adjacent to an activating group) is 1. The van der Waals surface area contributed by atoms with Crippen molar-refractivity contribution in [1.82, 2.24) is 5.32 Å². The summed E-state index contributed by atoms with van der Waals surface area (Å²) in [6.07, 6.45) is 0. The molecule has 0 aromatic heterocycles. The molecule has 0 radical (unpaired) electrons. The van der Waals surface area contributed by atoms with Crippen molar-refractivity contribution in [2.45, 2.75) is 0 Å². The number of carbonyl (C=O) groups excluding carboxylic acids is 1. The number of carbonyl (C=O) groups is 1. The highest BCUT2D eigenvalue weighted by atomic mass is 79.9. The van der Waals surface area contributed by atoms with Gasteiger partial charge in [0.15, 0.2) is 5.78 Å². The van der Waals surface area contributed by atoms with Crippen LogP contribution in [-0.4, -0.2) is 31.6 Å². The number of hydrogen-bond acceptors (Lipinski definition) is 4. The Hall–Kier alpha value is -1.07. The number of ketones is 1. The van der Waals surface area contributed by atoms with Gasteiger partial charge >= 0.3 is 0 Å². The molecule has 0 heterocycles. The molecular formula is C10H12BrNO3. The van der Waals surface area contributed by atoms with Gasteiger partial charge in [0.1, 0.15) is 11.5 Å². The van der Waals surface area contributed by atoms with E-state index >= 15 is 0 Å². The zero-order valence-electron chi connectivity index (χ0n) is 8.50. The highest BCUT2D eigenvalue weighted by Gasteiger charge is 2.14. The van der Waals surface area contributed by atoms with Crippen LogP contribution in [0.1, 0.15) is 10.4 Å². The largest absolute Gasteiger partial charge is 0.506 e. The number of benzene rings is 1. The molecule has 0 spiro atoms. The molecule has 4 nitrogen and oxygen atoms in total. The topological polar surface area (TPSA) is 58.6 Å². The lowest BCUT2D eigenvalue weighted by atomic mass is 10.1. The molecular weight excluding hydrogens is 262 g/mol. The van der Waals surface area contributed by atoms with Crippen molar-refractivity contribution in [2.75, 3.05) is 20.7 Å². The van der Waals surface area contributed by atoms with E-state index < -0.39 is 0 Å². The summed E-state index contributed by atoms with van der Waals surface area (Å²) in [5.74, 6) is 0.282. The van der Waals surface area contributed by atoms with Gasteiger partial charge in [0.2, 0.25) is 0 Å². The molecule has 0 unspecified atom stereocenters. The third-order valence-corrected chi connectivity index (χ3v) is 2.51. The predicted octanol–water partition coefficient (Wildman–Crippen LogP) is 1.57. The Kier molecular flexibility index (Phi) is 4.11. The molecule has 0 amide bonds. The van der Waals surface area contributed by atoms with E-state index in [1.807, 2.05) is 0 Å². The summed E-state index contributed by atoms with van der Waals surface area (Å²) >= 11 is 3.15. The zero-order chi connectivity index (χ0) is 11.4. The molecule has 1 aromatic rings. The van der Waals surface area contributed by atoms with Crippen molar-refractivity contribution in [3.63, 3.8) is 0 Å². The van der Waals surface area contributed by atoms with Crippen LogP contribution in [0.5, 0.6) is 11.5 Å². The number of Topliss-reactive ketones (excluding diaryl/α,β-unsaturated/α-hetero) is 1. The van der Waals surface area contributed by atoms with Gasteiger partial charge in [-0.1, -0.05) is 0 Å². The molecule has 0 saturated heterocycles.